The molecular formula is C14H20N6O. The van der Waals surface area contributed by atoms with Gasteiger partial charge in [0.25, 0.3) is 0 Å². The summed E-state index contributed by atoms with van der Waals surface area (Å²) in [6.45, 7) is 1.50. The molecule has 0 bridgehead atoms. The summed E-state index contributed by atoms with van der Waals surface area (Å²) in [5.74, 6) is 0.607. The zero-order valence-electron chi connectivity index (χ0n) is 12.7. The van der Waals surface area contributed by atoms with E-state index in [1.54, 1.807) is 30.1 Å². The first-order valence-corrected chi connectivity index (χ1v) is 6.94. The van der Waals surface area contributed by atoms with Crippen molar-refractivity contribution in [2.75, 3.05) is 39.1 Å². The molecule has 0 aliphatic carbocycles. The number of rotatable bonds is 2. The maximum absolute atomic E-state index is 12.1. The fraction of sp³-hybridized carbons (Fsp3) is 0.571. The molecule has 7 nitrogen and oxygen atoms in total. The predicted octanol–water partition coefficient (Wildman–Crippen LogP) is 0.930. The average molecular weight is 288 g/mol. The third-order valence-corrected chi connectivity index (χ3v) is 3.71. The standard InChI is InChI=1S/C14H20N6O/c1-18(2)14(21)19(3)11-5-4-8-20(10-11)13-12(9-15)16-6-7-17-13/h6-7,11H,4-5,8,10H2,1-3H3. The highest BCUT2D eigenvalue weighted by atomic mass is 16.2. The maximum Gasteiger partial charge on any atom is 0.319 e. The average Bonchev–Trinajstić information content (AvgIpc) is 2.53. The molecular weight excluding hydrogens is 268 g/mol. The lowest BCUT2D eigenvalue weighted by Crippen LogP contribution is -2.51. The fourth-order valence-electron chi connectivity index (χ4n) is 2.58. The minimum Gasteiger partial charge on any atom is -0.352 e. The zero-order chi connectivity index (χ0) is 15.4. The smallest absolute Gasteiger partial charge is 0.319 e. The van der Waals surface area contributed by atoms with Crippen molar-refractivity contribution >= 4 is 11.8 Å². The molecule has 0 aromatic carbocycles. The molecule has 2 heterocycles. The van der Waals surface area contributed by atoms with E-state index in [4.69, 9.17) is 5.26 Å². The van der Waals surface area contributed by atoms with Crippen molar-refractivity contribution in [1.82, 2.24) is 19.8 Å². The second-order valence-corrected chi connectivity index (χ2v) is 5.37. The number of amides is 2. The van der Waals surface area contributed by atoms with E-state index in [2.05, 4.69) is 16.0 Å². The lowest BCUT2D eigenvalue weighted by molar-refractivity contribution is 0.157. The molecule has 1 aliphatic heterocycles. The largest absolute Gasteiger partial charge is 0.352 e. The molecule has 0 N–H and O–H groups in total. The van der Waals surface area contributed by atoms with Gasteiger partial charge in [-0.05, 0) is 12.8 Å². The van der Waals surface area contributed by atoms with Crippen LogP contribution >= 0.6 is 0 Å². The van der Waals surface area contributed by atoms with Gasteiger partial charge in [-0.2, -0.15) is 5.26 Å². The van der Waals surface area contributed by atoms with Crippen molar-refractivity contribution in [2.45, 2.75) is 18.9 Å². The number of hydrogen-bond acceptors (Lipinski definition) is 5. The van der Waals surface area contributed by atoms with Gasteiger partial charge in [-0.15, -0.1) is 0 Å². The monoisotopic (exact) mass is 288 g/mol. The number of likely N-dealkylation sites (N-methyl/N-ethyl adjacent to an activating group) is 1. The van der Waals surface area contributed by atoms with E-state index in [0.717, 1.165) is 19.4 Å². The van der Waals surface area contributed by atoms with E-state index in [1.807, 2.05) is 11.9 Å². The van der Waals surface area contributed by atoms with Crippen LogP contribution in [0.4, 0.5) is 10.6 Å². The third-order valence-electron chi connectivity index (χ3n) is 3.71. The lowest BCUT2D eigenvalue weighted by atomic mass is 10.0. The van der Waals surface area contributed by atoms with Crippen molar-refractivity contribution in [2.24, 2.45) is 0 Å². The highest BCUT2D eigenvalue weighted by molar-refractivity contribution is 5.74. The van der Waals surface area contributed by atoms with Crippen molar-refractivity contribution in [3.63, 3.8) is 0 Å². The Hall–Kier alpha value is -2.36. The summed E-state index contributed by atoms with van der Waals surface area (Å²) in [6, 6.07) is 2.17. The van der Waals surface area contributed by atoms with Crippen molar-refractivity contribution in [1.29, 1.82) is 5.26 Å². The lowest BCUT2D eigenvalue weighted by Gasteiger charge is -2.39. The van der Waals surface area contributed by atoms with Crippen LogP contribution in [0.3, 0.4) is 0 Å². The van der Waals surface area contributed by atoms with Gasteiger partial charge in [-0.3, -0.25) is 0 Å². The van der Waals surface area contributed by atoms with Crippen LogP contribution in [-0.2, 0) is 0 Å². The summed E-state index contributed by atoms with van der Waals surface area (Å²) >= 11 is 0. The molecule has 0 saturated carbocycles. The first kappa shape index (κ1) is 15.0. The number of nitriles is 1. The SMILES string of the molecule is CN(C)C(=O)N(C)C1CCCN(c2nccnc2C#N)C1. The van der Waals surface area contributed by atoms with Crippen LogP contribution in [0.15, 0.2) is 12.4 Å². The topological polar surface area (TPSA) is 76.4 Å². The van der Waals surface area contributed by atoms with Crippen molar-refractivity contribution < 1.29 is 4.79 Å². The van der Waals surface area contributed by atoms with E-state index >= 15 is 0 Å². The van der Waals surface area contributed by atoms with Gasteiger partial charge < -0.3 is 14.7 Å². The summed E-state index contributed by atoms with van der Waals surface area (Å²) in [5.41, 5.74) is 0.333. The molecule has 21 heavy (non-hydrogen) atoms. The molecule has 1 unspecified atom stereocenters. The van der Waals surface area contributed by atoms with Gasteiger partial charge in [0.05, 0.1) is 6.04 Å². The first-order chi connectivity index (χ1) is 10.0. The molecule has 0 spiro atoms. The summed E-state index contributed by atoms with van der Waals surface area (Å²) in [7, 11) is 5.31. The van der Waals surface area contributed by atoms with E-state index in [9.17, 15) is 4.79 Å². The minimum absolute atomic E-state index is 0.0125. The summed E-state index contributed by atoms with van der Waals surface area (Å²) in [5, 5.41) is 9.13. The highest BCUT2D eigenvalue weighted by Crippen LogP contribution is 2.22. The summed E-state index contributed by atoms with van der Waals surface area (Å²) in [6.07, 6.45) is 5.02. The first-order valence-electron chi connectivity index (χ1n) is 6.94. The predicted molar refractivity (Wildman–Crippen MR) is 78.8 cm³/mol. The number of anilines is 1. The number of hydrogen-bond donors (Lipinski definition) is 0. The highest BCUT2D eigenvalue weighted by Gasteiger charge is 2.28. The molecule has 7 heteroatoms. The number of aromatic nitrogens is 2. The van der Waals surface area contributed by atoms with Crippen LogP contribution in [0.5, 0.6) is 0 Å². The number of urea groups is 1. The van der Waals surface area contributed by atoms with Crippen LogP contribution in [0.2, 0.25) is 0 Å². The Morgan fingerprint density at radius 2 is 2.10 bits per heavy atom. The second kappa shape index (κ2) is 6.39. The van der Waals surface area contributed by atoms with Gasteiger partial charge in [0.1, 0.15) is 6.07 Å². The van der Waals surface area contributed by atoms with Crippen LogP contribution in [-0.4, -0.2) is 66.1 Å². The molecule has 0 radical (unpaired) electrons. The van der Waals surface area contributed by atoms with Gasteiger partial charge in [0.2, 0.25) is 0 Å². The normalized spacial score (nSPS) is 18.0. The van der Waals surface area contributed by atoms with Crippen LogP contribution in [0, 0.1) is 11.3 Å². The van der Waals surface area contributed by atoms with Gasteiger partial charge in [-0.1, -0.05) is 0 Å². The number of nitrogens with zero attached hydrogens (tertiary/aromatic N) is 6. The van der Waals surface area contributed by atoms with E-state index in [0.29, 0.717) is 18.1 Å². The molecule has 1 atom stereocenters. The van der Waals surface area contributed by atoms with Crippen molar-refractivity contribution in [3.05, 3.63) is 18.1 Å². The molecule has 1 saturated heterocycles. The molecule has 2 rings (SSSR count). The zero-order valence-corrected chi connectivity index (χ0v) is 12.7. The Bertz CT molecular complexity index is 553. The number of piperidine rings is 1. The Kier molecular flexibility index (Phi) is 4.58. The van der Waals surface area contributed by atoms with Gasteiger partial charge in [-0.25, -0.2) is 14.8 Å². The Morgan fingerprint density at radius 1 is 1.38 bits per heavy atom. The van der Waals surface area contributed by atoms with Crippen LogP contribution in [0.1, 0.15) is 18.5 Å². The van der Waals surface area contributed by atoms with Crippen molar-refractivity contribution in [3.8, 4) is 6.07 Å². The van der Waals surface area contributed by atoms with Gasteiger partial charge >= 0.3 is 6.03 Å². The number of carbonyl (C=O) groups is 1. The Labute approximate surface area is 124 Å². The molecule has 1 aromatic rings. The van der Waals surface area contributed by atoms with Crippen LogP contribution < -0.4 is 4.90 Å². The molecule has 2 amide bonds. The summed E-state index contributed by atoms with van der Waals surface area (Å²) < 4.78 is 0. The Balaban J connectivity index is 2.14. The number of carbonyl (C=O) groups excluding carboxylic acids is 1. The van der Waals surface area contributed by atoms with Gasteiger partial charge in [0.15, 0.2) is 11.5 Å². The van der Waals surface area contributed by atoms with E-state index < -0.39 is 0 Å². The summed E-state index contributed by atoms with van der Waals surface area (Å²) in [4.78, 5) is 25.8. The van der Waals surface area contributed by atoms with E-state index in [-0.39, 0.29) is 12.1 Å². The molecule has 1 aliphatic rings. The second-order valence-electron chi connectivity index (χ2n) is 5.37. The molecule has 1 fully saturated rings. The third kappa shape index (κ3) is 3.21. The van der Waals surface area contributed by atoms with Gasteiger partial charge in [0, 0.05) is 46.6 Å². The minimum atomic E-state index is -0.0125. The quantitative estimate of drug-likeness (QED) is 0.809. The van der Waals surface area contributed by atoms with Crippen LogP contribution in [0.25, 0.3) is 0 Å². The fourth-order valence-corrected chi connectivity index (χ4v) is 2.58. The Morgan fingerprint density at radius 3 is 2.76 bits per heavy atom. The molecule has 112 valence electrons. The van der Waals surface area contributed by atoms with E-state index in [1.165, 1.54) is 6.20 Å². The maximum atomic E-state index is 12.1. The molecule has 1 aromatic heterocycles.